The highest BCUT2D eigenvalue weighted by Crippen LogP contribution is 2.35. The Morgan fingerprint density at radius 1 is 0.967 bits per heavy atom. The van der Waals surface area contributed by atoms with Gasteiger partial charge in [-0.05, 0) is 47.2 Å². The van der Waals surface area contributed by atoms with Gasteiger partial charge in [0.15, 0.2) is 5.78 Å². The average Bonchev–Trinajstić information content (AvgIpc) is 2.77. The fourth-order valence-corrected chi connectivity index (χ4v) is 4.16. The van der Waals surface area contributed by atoms with Gasteiger partial charge in [0.2, 0.25) is 0 Å². The largest absolute Gasteiger partial charge is 0.511 e. The summed E-state index contributed by atoms with van der Waals surface area (Å²) in [7, 11) is 0. The van der Waals surface area contributed by atoms with E-state index in [-0.39, 0.29) is 17.5 Å². The second-order valence-corrected chi connectivity index (χ2v) is 7.95. The molecule has 4 rings (SSSR count). The van der Waals surface area contributed by atoms with Gasteiger partial charge in [0.1, 0.15) is 5.76 Å². The number of hydrogen-bond acceptors (Lipinski definition) is 3. The van der Waals surface area contributed by atoms with Gasteiger partial charge in [-0.2, -0.15) is 0 Å². The molecule has 0 heterocycles. The third-order valence-electron chi connectivity index (χ3n) is 5.76. The topological polar surface area (TPSA) is 49.7 Å². The standard InChI is InChI=1S/C27H27NO2/c1-2-3-13-25(29)27-24(17-22(18-26(27)30)19-9-5-4-6-10-19)28-23-15-14-20-11-7-8-12-21(20)16-23/h4-12,14-16,22,29H,2-3,13,17-18H2,1H3/b27-25+,28-24?. The van der Waals surface area contributed by atoms with Gasteiger partial charge < -0.3 is 5.11 Å². The Kier molecular flexibility index (Phi) is 6.08. The first-order valence-corrected chi connectivity index (χ1v) is 10.7. The maximum absolute atomic E-state index is 13.1. The van der Waals surface area contributed by atoms with Crippen LogP contribution in [0.3, 0.4) is 0 Å². The minimum Gasteiger partial charge on any atom is -0.511 e. The number of aliphatic hydroxyl groups excluding tert-OH is 1. The van der Waals surface area contributed by atoms with E-state index in [1.807, 2.05) is 48.5 Å². The lowest BCUT2D eigenvalue weighted by Gasteiger charge is -2.26. The molecular formula is C27H27NO2. The van der Waals surface area contributed by atoms with Crippen LogP contribution in [0.5, 0.6) is 0 Å². The Hall–Kier alpha value is -3.20. The van der Waals surface area contributed by atoms with Crippen molar-refractivity contribution in [1.29, 1.82) is 0 Å². The zero-order valence-corrected chi connectivity index (χ0v) is 17.3. The van der Waals surface area contributed by atoms with Gasteiger partial charge in [-0.25, -0.2) is 0 Å². The third kappa shape index (κ3) is 4.35. The molecule has 3 nitrogen and oxygen atoms in total. The number of Topliss-reactive ketones (excluding diaryl/α,β-unsaturated/α-hetero) is 1. The molecule has 1 unspecified atom stereocenters. The van der Waals surface area contributed by atoms with Crippen LogP contribution in [-0.2, 0) is 4.79 Å². The van der Waals surface area contributed by atoms with E-state index >= 15 is 0 Å². The van der Waals surface area contributed by atoms with Crippen molar-refractivity contribution in [1.82, 2.24) is 0 Å². The Bertz CT molecular complexity index is 1110. The van der Waals surface area contributed by atoms with Gasteiger partial charge in [0.25, 0.3) is 0 Å². The number of aliphatic hydroxyl groups is 1. The summed E-state index contributed by atoms with van der Waals surface area (Å²) in [6.45, 7) is 2.08. The van der Waals surface area contributed by atoms with Gasteiger partial charge in [0, 0.05) is 12.8 Å². The molecule has 0 bridgehead atoms. The van der Waals surface area contributed by atoms with Gasteiger partial charge in [-0.15, -0.1) is 0 Å². The Labute approximate surface area is 177 Å². The summed E-state index contributed by atoms with van der Waals surface area (Å²) < 4.78 is 0. The minimum atomic E-state index is -0.0109. The normalized spacial score (nSPS) is 20.0. The quantitative estimate of drug-likeness (QED) is 0.370. The SMILES string of the molecule is CCCC/C(O)=C1\C(=O)CC(c2ccccc2)CC1=Nc1ccc2ccccc2c1. The van der Waals surface area contributed by atoms with Crippen molar-refractivity contribution >= 4 is 28.0 Å². The number of rotatable bonds is 5. The summed E-state index contributed by atoms with van der Waals surface area (Å²) in [5.41, 5.74) is 3.09. The van der Waals surface area contributed by atoms with E-state index in [0.29, 0.717) is 30.5 Å². The van der Waals surface area contributed by atoms with Crippen molar-refractivity contribution in [3.8, 4) is 0 Å². The third-order valence-corrected chi connectivity index (χ3v) is 5.76. The van der Waals surface area contributed by atoms with Crippen molar-refractivity contribution in [3.05, 3.63) is 89.7 Å². The molecule has 0 aromatic heterocycles. The van der Waals surface area contributed by atoms with E-state index in [0.717, 1.165) is 34.9 Å². The second-order valence-electron chi connectivity index (χ2n) is 7.95. The van der Waals surface area contributed by atoms with E-state index in [4.69, 9.17) is 4.99 Å². The summed E-state index contributed by atoms with van der Waals surface area (Å²) in [4.78, 5) is 18.0. The van der Waals surface area contributed by atoms with Gasteiger partial charge >= 0.3 is 0 Å². The lowest BCUT2D eigenvalue weighted by Crippen LogP contribution is -2.26. The molecule has 152 valence electrons. The molecule has 1 aliphatic carbocycles. The molecule has 0 saturated heterocycles. The van der Waals surface area contributed by atoms with Crippen LogP contribution < -0.4 is 0 Å². The summed E-state index contributed by atoms with van der Waals surface area (Å²) in [6, 6.07) is 24.4. The molecule has 0 aliphatic heterocycles. The van der Waals surface area contributed by atoms with Crippen molar-refractivity contribution in [3.63, 3.8) is 0 Å². The molecule has 0 radical (unpaired) electrons. The summed E-state index contributed by atoms with van der Waals surface area (Å²) in [5, 5.41) is 13.0. The van der Waals surface area contributed by atoms with Crippen LogP contribution in [0.4, 0.5) is 5.69 Å². The zero-order chi connectivity index (χ0) is 20.9. The van der Waals surface area contributed by atoms with Crippen LogP contribution in [0, 0.1) is 0 Å². The number of carbonyl (C=O) groups excluding carboxylic acids is 1. The van der Waals surface area contributed by atoms with E-state index in [1.54, 1.807) is 0 Å². The first kappa shape index (κ1) is 20.1. The van der Waals surface area contributed by atoms with E-state index in [2.05, 4.69) is 31.2 Å². The number of ketones is 1. The van der Waals surface area contributed by atoms with Crippen molar-refractivity contribution in [2.24, 2.45) is 4.99 Å². The van der Waals surface area contributed by atoms with Gasteiger partial charge in [-0.3, -0.25) is 9.79 Å². The number of unbranched alkanes of at least 4 members (excludes halogenated alkanes) is 1. The number of fused-ring (bicyclic) bond motifs is 1. The Morgan fingerprint density at radius 2 is 1.70 bits per heavy atom. The van der Waals surface area contributed by atoms with Crippen LogP contribution in [0.25, 0.3) is 10.8 Å². The molecule has 30 heavy (non-hydrogen) atoms. The van der Waals surface area contributed by atoms with Crippen LogP contribution in [-0.4, -0.2) is 16.6 Å². The Morgan fingerprint density at radius 3 is 2.47 bits per heavy atom. The minimum absolute atomic E-state index is 0.0109. The highest BCUT2D eigenvalue weighted by atomic mass is 16.3. The van der Waals surface area contributed by atoms with Crippen molar-refractivity contribution in [2.75, 3.05) is 0 Å². The van der Waals surface area contributed by atoms with E-state index in [1.165, 1.54) is 0 Å². The van der Waals surface area contributed by atoms with Crippen LogP contribution >= 0.6 is 0 Å². The maximum Gasteiger partial charge on any atom is 0.168 e. The lowest BCUT2D eigenvalue weighted by molar-refractivity contribution is -0.115. The molecule has 3 aromatic carbocycles. The first-order valence-electron chi connectivity index (χ1n) is 10.7. The molecule has 0 amide bonds. The second kappa shape index (κ2) is 9.08. The summed E-state index contributed by atoms with van der Waals surface area (Å²) >= 11 is 0. The lowest BCUT2D eigenvalue weighted by atomic mass is 9.78. The van der Waals surface area contributed by atoms with Crippen LogP contribution in [0.1, 0.15) is 50.5 Å². The molecule has 1 atom stereocenters. The molecular weight excluding hydrogens is 370 g/mol. The highest BCUT2D eigenvalue weighted by Gasteiger charge is 2.32. The highest BCUT2D eigenvalue weighted by molar-refractivity contribution is 6.25. The van der Waals surface area contributed by atoms with Crippen LogP contribution in [0.15, 0.2) is 89.1 Å². The van der Waals surface area contributed by atoms with E-state index < -0.39 is 0 Å². The Balaban J connectivity index is 1.76. The van der Waals surface area contributed by atoms with Crippen molar-refractivity contribution < 1.29 is 9.90 Å². The summed E-state index contributed by atoms with van der Waals surface area (Å²) in [5.74, 6) is 0.261. The van der Waals surface area contributed by atoms with Crippen molar-refractivity contribution in [2.45, 2.75) is 44.9 Å². The predicted molar refractivity (Wildman–Crippen MR) is 124 cm³/mol. The molecule has 1 fully saturated rings. The number of benzene rings is 3. The monoisotopic (exact) mass is 397 g/mol. The number of allylic oxidation sites excluding steroid dienone is 2. The van der Waals surface area contributed by atoms with Crippen LogP contribution in [0.2, 0.25) is 0 Å². The first-order chi connectivity index (χ1) is 14.7. The molecule has 1 saturated carbocycles. The van der Waals surface area contributed by atoms with Gasteiger partial charge in [0.05, 0.1) is 17.0 Å². The summed E-state index contributed by atoms with van der Waals surface area (Å²) in [6.07, 6.45) is 3.40. The molecule has 0 spiro atoms. The molecule has 1 aliphatic rings. The fraction of sp³-hybridized carbons (Fsp3) is 0.259. The number of aliphatic imine (C=N–C) groups is 1. The number of hydrogen-bond donors (Lipinski definition) is 1. The average molecular weight is 398 g/mol. The number of carbonyl (C=O) groups is 1. The predicted octanol–water partition coefficient (Wildman–Crippen LogP) is 7.06. The zero-order valence-electron chi connectivity index (χ0n) is 17.3. The number of nitrogens with zero attached hydrogens (tertiary/aromatic N) is 1. The molecule has 3 aromatic rings. The molecule has 3 heteroatoms. The fourth-order valence-electron chi connectivity index (χ4n) is 4.16. The maximum atomic E-state index is 13.1. The smallest absolute Gasteiger partial charge is 0.168 e. The molecule has 1 N–H and O–H groups in total. The van der Waals surface area contributed by atoms with E-state index in [9.17, 15) is 9.90 Å². The van der Waals surface area contributed by atoms with Gasteiger partial charge in [-0.1, -0.05) is 74.0 Å².